The number of hydrogen-bond donors (Lipinski definition) is 1. The van der Waals surface area contributed by atoms with Crippen LogP contribution in [-0.2, 0) is 6.54 Å². The maximum Gasteiger partial charge on any atom is 0.0325 e. The molecule has 0 aliphatic rings. The first kappa shape index (κ1) is 12.2. The van der Waals surface area contributed by atoms with Crippen molar-refractivity contribution >= 4 is 27.3 Å². The molecule has 0 unspecified atom stereocenters. The van der Waals surface area contributed by atoms with Gasteiger partial charge in [0.2, 0.25) is 0 Å². The quantitative estimate of drug-likeness (QED) is 0.804. The normalized spacial score (nSPS) is 11.1. The van der Waals surface area contributed by atoms with Gasteiger partial charge in [-0.1, -0.05) is 6.92 Å². The number of likely N-dealkylation sites (N-methyl/N-ethyl adjacent to an activating group) is 2. The Morgan fingerprint density at radius 3 is 2.93 bits per heavy atom. The van der Waals surface area contributed by atoms with Crippen LogP contribution < -0.4 is 5.32 Å². The molecule has 0 atom stereocenters. The van der Waals surface area contributed by atoms with Gasteiger partial charge in [0.25, 0.3) is 0 Å². The zero-order valence-electron chi connectivity index (χ0n) is 8.72. The molecular formula is C10H17BrN2S. The molecule has 0 aliphatic heterocycles. The third kappa shape index (κ3) is 4.55. The lowest BCUT2D eigenvalue weighted by molar-refractivity contribution is 0.328. The van der Waals surface area contributed by atoms with E-state index in [1.807, 2.05) is 11.3 Å². The molecule has 0 amide bonds. The summed E-state index contributed by atoms with van der Waals surface area (Å²) in [5.74, 6) is 0. The molecule has 0 bridgehead atoms. The molecule has 1 aromatic heterocycles. The summed E-state index contributed by atoms with van der Waals surface area (Å²) in [6, 6.07) is 2.19. The largest absolute Gasteiger partial charge is 0.316 e. The Morgan fingerprint density at radius 1 is 1.57 bits per heavy atom. The van der Waals surface area contributed by atoms with Crippen LogP contribution in [0.3, 0.4) is 0 Å². The number of nitrogens with one attached hydrogen (secondary N) is 1. The van der Waals surface area contributed by atoms with Crippen molar-refractivity contribution in [1.29, 1.82) is 0 Å². The number of nitrogens with zero attached hydrogens (tertiary/aromatic N) is 1. The van der Waals surface area contributed by atoms with E-state index in [0.29, 0.717) is 0 Å². The molecule has 0 aliphatic carbocycles. The molecule has 1 heterocycles. The lowest BCUT2D eigenvalue weighted by atomic mass is 10.4. The van der Waals surface area contributed by atoms with Crippen molar-refractivity contribution < 1.29 is 0 Å². The van der Waals surface area contributed by atoms with E-state index in [1.54, 1.807) is 0 Å². The van der Waals surface area contributed by atoms with E-state index < -0.39 is 0 Å². The van der Waals surface area contributed by atoms with E-state index in [4.69, 9.17) is 0 Å². The highest BCUT2D eigenvalue weighted by atomic mass is 79.9. The van der Waals surface area contributed by atoms with Crippen LogP contribution in [0.5, 0.6) is 0 Å². The monoisotopic (exact) mass is 276 g/mol. The third-order valence-corrected chi connectivity index (χ3v) is 3.65. The fraction of sp³-hybridized carbons (Fsp3) is 0.600. The number of hydrogen-bond acceptors (Lipinski definition) is 3. The van der Waals surface area contributed by atoms with Crippen molar-refractivity contribution in [2.45, 2.75) is 13.5 Å². The first-order chi connectivity index (χ1) is 6.72. The Labute approximate surface area is 98.4 Å². The highest BCUT2D eigenvalue weighted by Crippen LogP contribution is 2.20. The number of rotatable bonds is 6. The van der Waals surface area contributed by atoms with E-state index in [-0.39, 0.29) is 0 Å². The van der Waals surface area contributed by atoms with Gasteiger partial charge in [0.15, 0.2) is 0 Å². The zero-order valence-corrected chi connectivity index (χ0v) is 11.1. The third-order valence-electron chi connectivity index (χ3n) is 1.97. The van der Waals surface area contributed by atoms with E-state index in [2.05, 4.69) is 51.6 Å². The Morgan fingerprint density at radius 2 is 2.36 bits per heavy atom. The smallest absolute Gasteiger partial charge is 0.0325 e. The first-order valence-corrected chi connectivity index (χ1v) is 6.51. The molecule has 0 saturated carbocycles. The molecule has 0 fully saturated rings. The Bertz CT molecular complexity index is 262. The van der Waals surface area contributed by atoms with Gasteiger partial charge in [0.05, 0.1) is 0 Å². The maximum absolute atomic E-state index is 3.47. The molecule has 1 aromatic rings. The average Bonchev–Trinajstić information content (AvgIpc) is 2.52. The van der Waals surface area contributed by atoms with Crippen LogP contribution in [0, 0.1) is 0 Å². The lowest BCUT2D eigenvalue weighted by Gasteiger charge is -2.15. The molecule has 14 heavy (non-hydrogen) atoms. The summed E-state index contributed by atoms with van der Waals surface area (Å²) in [7, 11) is 2.16. The molecule has 1 rings (SSSR count). The van der Waals surface area contributed by atoms with Crippen LogP contribution in [0.2, 0.25) is 0 Å². The summed E-state index contributed by atoms with van der Waals surface area (Å²) < 4.78 is 1.19. The second-order valence-corrected chi connectivity index (χ2v) is 5.23. The fourth-order valence-corrected chi connectivity index (χ4v) is 2.76. The summed E-state index contributed by atoms with van der Waals surface area (Å²) >= 11 is 5.27. The SMILES string of the molecule is CCNCCN(C)Cc1cc(Br)cs1. The van der Waals surface area contributed by atoms with E-state index in [0.717, 1.165) is 26.2 Å². The molecule has 0 aromatic carbocycles. The van der Waals surface area contributed by atoms with Gasteiger partial charge in [-0.05, 0) is 35.6 Å². The Hall–Kier alpha value is 0.1000. The predicted molar refractivity (Wildman–Crippen MR) is 66.9 cm³/mol. The standard InChI is InChI=1S/C10H17BrN2S/c1-3-12-4-5-13(2)7-10-6-9(11)8-14-10/h6,8,12H,3-5,7H2,1-2H3. The summed E-state index contributed by atoms with van der Waals surface area (Å²) in [4.78, 5) is 3.75. The van der Waals surface area contributed by atoms with E-state index >= 15 is 0 Å². The van der Waals surface area contributed by atoms with E-state index in [1.165, 1.54) is 9.35 Å². The molecule has 0 spiro atoms. The highest BCUT2D eigenvalue weighted by Gasteiger charge is 2.01. The van der Waals surface area contributed by atoms with Gasteiger partial charge < -0.3 is 10.2 Å². The average molecular weight is 277 g/mol. The molecule has 1 N–H and O–H groups in total. The second-order valence-electron chi connectivity index (χ2n) is 3.32. The van der Waals surface area contributed by atoms with Crippen molar-refractivity contribution in [1.82, 2.24) is 10.2 Å². The van der Waals surface area contributed by atoms with Gasteiger partial charge in [0.1, 0.15) is 0 Å². The summed E-state index contributed by atoms with van der Waals surface area (Å²) in [6.07, 6.45) is 0. The van der Waals surface area contributed by atoms with Crippen LogP contribution in [0.25, 0.3) is 0 Å². The molecule has 4 heteroatoms. The van der Waals surface area contributed by atoms with Crippen molar-refractivity contribution in [3.05, 3.63) is 20.8 Å². The van der Waals surface area contributed by atoms with Crippen LogP contribution in [-0.4, -0.2) is 31.6 Å². The van der Waals surface area contributed by atoms with Gasteiger partial charge >= 0.3 is 0 Å². The van der Waals surface area contributed by atoms with E-state index in [9.17, 15) is 0 Å². The number of halogens is 1. The lowest BCUT2D eigenvalue weighted by Crippen LogP contribution is -2.28. The highest BCUT2D eigenvalue weighted by molar-refractivity contribution is 9.10. The number of thiophene rings is 1. The Kier molecular flexibility index (Phi) is 5.70. The van der Waals surface area contributed by atoms with Crippen LogP contribution in [0.1, 0.15) is 11.8 Å². The summed E-state index contributed by atoms with van der Waals surface area (Å²) in [5, 5.41) is 5.46. The minimum absolute atomic E-state index is 1.04. The van der Waals surface area contributed by atoms with Gasteiger partial charge in [0, 0.05) is 34.4 Å². The van der Waals surface area contributed by atoms with Gasteiger partial charge in [-0.3, -0.25) is 0 Å². The zero-order chi connectivity index (χ0) is 10.4. The van der Waals surface area contributed by atoms with Crippen LogP contribution >= 0.6 is 27.3 Å². The minimum atomic E-state index is 1.04. The van der Waals surface area contributed by atoms with Crippen molar-refractivity contribution in [2.24, 2.45) is 0 Å². The van der Waals surface area contributed by atoms with Crippen molar-refractivity contribution in [3.63, 3.8) is 0 Å². The van der Waals surface area contributed by atoms with Crippen molar-refractivity contribution in [2.75, 3.05) is 26.7 Å². The topological polar surface area (TPSA) is 15.3 Å². The summed E-state index contributed by atoms with van der Waals surface area (Å²) in [5.41, 5.74) is 0. The predicted octanol–water partition coefficient (Wildman–Crippen LogP) is 2.55. The van der Waals surface area contributed by atoms with Crippen LogP contribution in [0.4, 0.5) is 0 Å². The molecule has 0 radical (unpaired) electrons. The summed E-state index contributed by atoms with van der Waals surface area (Å²) in [6.45, 7) is 6.40. The van der Waals surface area contributed by atoms with Crippen molar-refractivity contribution in [3.8, 4) is 0 Å². The molecular weight excluding hydrogens is 260 g/mol. The van der Waals surface area contributed by atoms with Crippen LogP contribution in [0.15, 0.2) is 15.9 Å². The molecule has 2 nitrogen and oxygen atoms in total. The second kappa shape index (κ2) is 6.56. The molecule has 80 valence electrons. The minimum Gasteiger partial charge on any atom is -0.316 e. The van der Waals surface area contributed by atoms with Gasteiger partial charge in [-0.25, -0.2) is 0 Å². The van der Waals surface area contributed by atoms with Gasteiger partial charge in [-0.2, -0.15) is 0 Å². The first-order valence-electron chi connectivity index (χ1n) is 4.84. The Balaban J connectivity index is 2.23. The van der Waals surface area contributed by atoms with Gasteiger partial charge in [-0.15, -0.1) is 11.3 Å². The molecule has 0 saturated heterocycles. The maximum atomic E-state index is 3.47. The fourth-order valence-electron chi connectivity index (χ4n) is 1.23.